The third-order valence-corrected chi connectivity index (χ3v) is 3.07. The molecular weight excluding hydrogens is 345 g/mol. The van der Waals surface area contributed by atoms with E-state index in [1.165, 1.54) is 18.2 Å². The third kappa shape index (κ3) is 3.60. The minimum absolute atomic E-state index is 0.0806. The van der Waals surface area contributed by atoms with Crippen molar-refractivity contribution >= 4 is 29.5 Å². The van der Waals surface area contributed by atoms with Gasteiger partial charge < -0.3 is 19.0 Å². The predicted molar refractivity (Wildman–Crippen MR) is 82.7 cm³/mol. The Kier molecular flexibility index (Phi) is 5.30. The molecule has 2 rings (SSSR count). The van der Waals surface area contributed by atoms with Gasteiger partial charge in [-0.2, -0.15) is 0 Å². The number of furan rings is 1. The van der Waals surface area contributed by atoms with Crippen molar-refractivity contribution in [3.63, 3.8) is 0 Å². The zero-order chi connectivity index (χ0) is 17.9. The fourth-order valence-corrected chi connectivity index (χ4v) is 2.02. The van der Waals surface area contributed by atoms with Gasteiger partial charge in [-0.25, -0.2) is 9.18 Å². The summed E-state index contributed by atoms with van der Waals surface area (Å²) in [4.78, 5) is 22.7. The lowest BCUT2D eigenvalue weighted by Crippen LogP contribution is -2.14. The maximum Gasteiger partial charge on any atom is 0.414 e. The Labute approximate surface area is 140 Å². The number of carbonyl (C=O) groups excluding carboxylic acids is 2. The number of esters is 1. The summed E-state index contributed by atoms with van der Waals surface area (Å²) < 4.78 is 28.9. The number of nitrogens with one attached hydrogen (secondary N) is 1. The molecule has 1 aromatic carbocycles. The van der Waals surface area contributed by atoms with E-state index in [2.05, 4.69) is 10.1 Å². The number of hydrogen-bond acceptors (Lipinski definition) is 6. The van der Waals surface area contributed by atoms with Crippen molar-refractivity contribution in [2.24, 2.45) is 0 Å². The molecule has 9 heteroatoms. The monoisotopic (exact) mass is 357 g/mol. The lowest BCUT2D eigenvalue weighted by Gasteiger charge is -2.04. The average Bonchev–Trinajstić information content (AvgIpc) is 2.79. The van der Waals surface area contributed by atoms with Crippen LogP contribution in [0.2, 0.25) is 5.02 Å². The van der Waals surface area contributed by atoms with Crippen LogP contribution in [0.4, 0.5) is 15.1 Å². The Balaban J connectivity index is 2.53. The van der Waals surface area contributed by atoms with Crippen LogP contribution < -0.4 is 10.1 Å². The Morgan fingerprint density at radius 3 is 2.75 bits per heavy atom. The molecule has 1 aromatic heterocycles. The zero-order valence-electron chi connectivity index (χ0n) is 12.7. The second kappa shape index (κ2) is 7.22. The van der Waals surface area contributed by atoms with Gasteiger partial charge in [0, 0.05) is 6.92 Å². The molecule has 0 aliphatic rings. The normalized spacial score (nSPS) is 10.3. The molecule has 0 fully saturated rings. The molecule has 0 unspecified atom stereocenters. The highest BCUT2D eigenvalue weighted by Gasteiger charge is 2.27. The van der Waals surface area contributed by atoms with E-state index in [0.29, 0.717) is 0 Å². The molecule has 24 heavy (non-hydrogen) atoms. The van der Waals surface area contributed by atoms with Crippen LogP contribution in [-0.4, -0.2) is 23.8 Å². The Morgan fingerprint density at radius 2 is 2.12 bits per heavy atom. The summed E-state index contributed by atoms with van der Waals surface area (Å²) in [7, 11) is 0. The van der Waals surface area contributed by atoms with Crippen molar-refractivity contribution in [1.29, 1.82) is 0 Å². The van der Waals surface area contributed by atoms with Crippen LogP contribution in [0.1, 0.15) is 13.8 Å². The molecule has 2 aromatic rings. The quantitative estimate of drug-likeness (QED) is 0.804. The molecule has 0 saturated heterocycles. The minimum atomic E-state index is -0.905. The number of ether oxygens (including phenoxy) is 2. The number of halogens is 2. The molecular formula is C15H13ClFNO6. The maximum atomic E-state index is 14.1. The van der Waals surface area contributed by atoms with E-state index in [0.717, 1.165) is 6.92 Å². The van der Waals surface area contributed by atoms with E-state index < -0.39 is 35.3 Å². The highest BCUT2D eigenvalue weighted by atomic mass is 35.5. The highest BCUT2D eigenvalue weighted by Crippen LogP contribution is 2.47. The fourth-order valence-electron chi connectivity index (χ4n) is 1.85. The van der Waals surface area contributed by atoms with Crippen LogP contribution in [0.15, 0.2) is 22.6 Å². The van der Waals surface area contributed by atoms with Gasteiger partial charge in [-0.1, -0.05) is 17.7 Å². The first kappa shape index (κ1) is 17.6. The molecule has 0 aliphatic carbocycles. The summed E-state index contributed by atoms with van der Waals surface area (Å²) in [6.45, 7) is 2.75. The molecule has 0 radical (unpaired) electrons. The van der Waals surface area contributed by atoms with Gasteiger partial charge in [-0.3, -0.25) is 10.1 Å². The highest BCUT2D eigenvalue weighted by molar-refractivity contribution is 6.31. The number of amides is 1. The first-order valence-corrected chi connectivity index (χ1v) is 7.15. The second-order valence-corrected chi connectivity index (χ2v) is 4.89. The van der Waals surface area contributed by atoms with Crippen LogP contribution >= 0.6 is 11.6 Å². The largest absolute Gasteiger partial charge is 0.502 e. The Morgan fingerprint density at radius 1 is 1.42 bits per heavy atom. The second-order valence-electron chi connectivity index (χ2n) is 4.48. The zero-order valence-corrected chi connectivity index (χ0v) is 13.4. The SMILES string of the molecule is CCOC(=O)Nc1oc(-c2cccc(Cl)c2F)c(O)c1OC(C)=O. The topological polar surface area (TPSA) is 98.0 Å². The summed E-state index contributed by atoms with van der Waals surface area (Å²) in [5.41, 5.74) is -0.176. The average molecular weight is 358 g/mol. The van der Waals surface area contributed by atoms with Gasteiger partial charge in [0.15, 0.2) is 11.6 Å². The summed E-state index contributed by atoms with van der Waals surface area (Å²) in [6.07, 6.45) is -0.905. The van der Waals surface area contributed by atoms with Gasteiger partial charge in [-0.05, 0) is 19.1 Å². The summed E-state index contributed by atoms with van der Waals surface area (Å²) in [5, 5.41) is 12.2. The Hall–Kier alpha value is -2.74. The van der Waals surface area contributed by atoms with E-state index in [-0.39, 0.29) is 23.0 Å². The molecule has 7 nitrogen and oxygen atoms in total. The van der Waals surface area contributed by atoms with Crippen molar-refractivity contribution in [2.75, 3.05) is 11.9 Å². The van der Waals surface area contributed by atoms with Crippen LogP contribution in [0.25, 0.3) is 11.3 Å². The van der Waals surface area contributed by atoms with Crippen molar-refractivity contribution in [3.8, 4) is 22.8 Å². The van der Waals surface area contributed by atoms with Gasteiger partial charge in [0.1, 0.15) is 0 Å². The van der Waals surface area contributed by atoms with E-state index in [4.69, 9.17) is 20.8 Å². The Bertz CT molecular complexity index is 789. The van der Waals surface area contributed by atoms with E-state index >= 15 is 0 Å². The molecule has 128 valence electrons. The fraction of sp³-hybridized carbons (Fsp3) is 0.200. The summed E-state index contributed by atoms with van der Waals surface area (Å²) in [5.74, 6) is -3.53. The standard InChI is InChI=1S/C15H13ClFNO6/c1-3-22-15(21)18-14-13(23-7(2)19)11(20)12(24-14)8-5-4-6-9(16)10(8)17/h4-6,20H,3H2,1-2H3,(H,18,21). The van der Waals surface area contributed by atoms with Crippen LogP contribution in [0, 0.1) is 5.82 Å². The van der Waals surface area contributed by atoms with Crippen molar-refractivity contribution < 1.29 is 33.0 Å². The van der Waals surface area contributed by atoms with Crippen molar-refractivity contribution in [3.05, 3.63) is 29.0 Å². The molecule has 0 atom stereocenters. The molecule has 1 amide bonds. The van der Waals surface area contributed by atoms with E-state index in [9.17, 15) is 19.1 Å². The lowest BCUT2D eigenvalue weighted by molar-refractivity contribution is -0.132. The van der Waals surface area contributed by atoms with Crippen molar-refractivity contribution in [2.45, 2.75) is 13.8 Å². The lowest BCUT2D eigenvalue weighted by atomic mass is 10.1. The van der Waals surface area contributed by atoms with Crippen LogP contribution in [0.3, 0.4) is 0 Å². The van der Waals surface area contributed by atoms with Crippen LogP contribution in [-0.2, 0) is 9.53 Å². The third-order valence-electron chi connectivity index (χ3n) is 2.77. The molecule has 1 heterocycles. The van der Waals surface area contributed by atoms with Gasteiger partial charge in [-0.15, -0.1) is 0 Å². The summed E-state index contributed by atoms with van der Waals surface area (Å²) in [6, 6.07) is 4.04. The number of aromatic hydroxyl groups is 1. The molecule has 0 bridgehead atoms. The maximum absolute atomic E-state index is 14.1. The summed E-state index contributed by atoms with van der Waals surface area (Å²) >= 11 is 5.70. The van der Waals surface area contributed by atoms with Crippen LogP contribution in [0.5, 0.6) is 11.5 Å². The molecule has 0 saturated carbocycles. The number of rotatable bonds is 4. The molecule has 2 N–H and O–H groups in total. The van der Waals surface area contributed by atoms with E-state index in [1.807, 2.05) is 0 Å². The van der Waals surface area contributed by atoms with Crippen molar-refractivity contribution in [1.82, 2.24) is 0 Å². The molecule has 0 aliphatic heterocycles. The predicted octanol–water partition coefficient (Wildman–Crippen LogP) is 3.94. The number of hydrogen-bond donors (Lipinski definition) is 2. The van der Waals surface area contributed by atoms with Gasteiger partial charge in [0.25, 0.3) is 5.88 Å². The number of benzene rings is 1. The smallest absolute Gasteiger partial charge is 0.414 e. The van der Waals surface area contributed by atoms with E-state index in [1.54, 1.807) is 6.92 Å². The first-order valence-electron chi connectivity index (χ1n) is 6.77. The number of carbonyl (C=O) groups is 2. The molecule has 0 spiro atoms. The first-order chi connectivity index (χ1) is 11.3. The van der Waals surface area contributed by atoms with Gasteiger partial charge >= 0.3 is 12.1 Å². The van der Waals surface area contributed by atoms with Gasteiger partial charge in [0.2, 0.25) is 11.5 Å². The minimum Gasteiger partial charge on any atom is -0.502 e. The number of anilines is 1. The van der Waals surface area contributed by atoms with Gasteiger partial charge in [0.05, 0.1) is 17.2 Å².